The second kappa shape index (κ2) is 11.7. The Morgan fingerprint density at radius 2 is 1.77 bits per heavy atom. The van der Waals surface area contributed by atoms with Crippen molar-refractivity contribution >= 4 is 43.1 Å². The normalized spacial score (nSPS) is 26.1. The Balaban J connectivity index is 0. The van der Waals surface area contributed by atoms with Gasteiger partial charge in [-0.15, -0.1) is 37.2 Å². The average molecular weight is 378 g/mol. The Morgan fingerprint density at radius 1 is 1.14 bits per heavy atom. The van der Waals surface area contributed by atoms with E-state index in [9.17, 15) is 4.79 Å². The van der Waals surface area contributed by atoms with Gasteiger partial charge in [0, 0.05) is 39.3 Å². The van der Waals surface area contributed by atoms with E-state index in [1.165, 1.54) is 6.42 Å². The molecule has 2 saturated heterocycles. The first-order chi connectivity index (χ1) is 9.10. The molecule has 0 radical (unpaired) electrons. The number of likely N-dealkylation sites (N-methyl/N-ethyl adjacent to an activating group) is 1. The highest BCUT2D eigenvalue weighted by molar-refractivity contribution is 5.86. The summed E-state index contributed by atoms with van der Waals surface area (Å²) in [7, 11) is 2.16. The molecular formula is C14H31Cl3N4O. The third-order valence-corrected chi connectivity index (χ3v) is 4.43. The van der Waals surface area contributed by atoms with Gasteiger partial charge < -0.3 is 15.5 Å². The van der Waals surface area contributed by atoms with E-state index in [2.05, 4.69) is 27.5 Å². The van der Waals surface area contributed by atoms with E-state index in [4.69, 9.17) is 0 Å². The van der Waals surface area contributed by atoms with Gasteiger partial charge in [0.05, 0.1) is 5.54 Å². The summed E-state index contributed by atoms with van der Waals surface area (Å²) in [6, 6.07) is 0. The van der Waals surface area contributed by atoms with Crippen LogP contribution in [0.1, 0.15) is 26.2 Å². The van der Waals surface area contributed by atoms with Crippen molar-refractivity contribution in [3.8, 4) is 0 Å². The third kappa shape index (κ3) is 7.20. The zero-order chi connectivity index (χ0) is 13.7. The van der Waals surface area contributed by atoms with Gasteiger partial charge >= 0.3 is 0 Å². The Bertz CT molecular complexity index is 306. The lowest BCUT2D eigenvalue weighted by atomic mass is 9.90. The minimum absolute atomic E-state index is 0. The van der Waals surface area contributed by atoms with Crippen molar-refractivity contribution in [3.63, 3.8) is 0 Å². The standard InChI is InChI=1S/C14H28N4O.3ClH/c1-14(5-3-4-6-16-14)13(19)15-7-8-18-11-9-17(2)10-12-18;;;/h16H,3-12H2,1-2H3,(H,15,19);3*1H. The first kappa shape index (κ1) is 24.5. The molecule has 2 aliphatic rings. The van der Waals surface area contributed by atoms with E-state index in [0.717, 1.165) is 58.7 Å². The Labute approximate surface area is 153 Å². The number of piperazine rings is 1. The van der Waals surface area contributed by atoms with Crippen molar-refractivity contribution < 1.29 is 4.79 Å². The van der Waals surface area contributed by atoms with Crippen LogP contribution in [0.15, 0.2) is 0 Å². The highest BCUT2D eigenvalue weighted by Crippen LogP contribution is 2.18. The van der Waals surface area contributed by atoms with Gasteiger partial charge in [0.1, 0.15) is 0 Å². The number of carbonyl (C=O) groups is 1. The molecule has 0 aromatic heterocycles. The smallest absolute Gasteiger partial charge is 0.240 e. The summed E-state index contributed by atoms with van der Waals surface area (Å²) in [5.41, 5.74) is -0.347. The monoisotopic (exact) mass is 376 g/mol. The fourth-order valence-corrected chi connectivity index (χ4v) is 2.84. The number of rotatable bonds is 4. The summed E-state index contributed by atoms with van der Waals surface area (Å²) in [6.07, 6.45) is 3.28. The van der Waals surface area contributed by atoms with Gasteiger partial charge in [-0.2, -0.15) is 0 Å². The maximum atomic E-state index is 12.2. The molecule has 0 bridgehead atoms. The lowest BCUT2D eigenvalue weighted by molar-refractivity contribution is -0.128. The van der Waals surface area contributed by atoms with E-state index in [1.807, 2.05) is 6.92 Å². The van der Waals surface area contributed by atoms with Crippen LogP contribution in [0, 0.1) is 0 Å². The first-order valence-electron chi connectivity index (χ1n) is 7.54. The minimum Gasteiger partial charge on any atom is -0.353 e. The predicted octanol–water partition coefficient (Wildman–Crippen LogP) is 1.15. The molecule has 22 heavy (non-hydrogen) atoms. The van der Waals surface area contributed by atoms with Gasteiger partial charge in [0.15, 0.2) is 0 Å². The van der Waals surface area contributed by atoms with E-state index < -0.39 is 0 Å². The van der Waals surface area contributed by atoms with Crippen molar-refractivity contribution in [1.29, 1.82) is 0 Å². The zero-order valence-corrected chi connectivity index (χ0v) is 16.0. The predicted molar refractivity (Wildman–Crippen MR) is 98.9 cm³/mol. The van der Waals surface area contributed by atoms with Crippen molar-refractivity contribution in [3.05, 3.63) is 0 Å². The molecule has 1 unspecified atom stereocenters. The fraction of sp³-hybridized carbons (Fsp3) is 0.929. The topological polar surface area (TPSA) is 47.6 Å². The zero-order valence-electron chi connectivity index (χ0n) is 13.6. The maximum absolute atomic E-state index is 12.2. The maximum Gasteiger partial charge on any atom is 0.240 e. The molecule has 0 aliphatic carbocycles. The molecule has 2 rings (SSSR count). The first-order valence-corrected chi connectivity index (χ1v) is 7.54. The molecule has 134 valence electrons. The van der Waals surface area contributed by atoms with Gasteiger partial charge in [0.25, 0.3) is 0 Å². The quantitative estimate of drug-likeness (QED) is 0.771. The van der Waals surface area contributed by atoms with Gasteiger partial charge in [-0.05, 0) is 39.8 Å². The van der Waals surface area contributed by atoms with Crippen LogP contribution in [-0.2, 0) is 4.79 Å². The van der Waals surface area contributed by atoms with Crippen LogP contribution < -0.4 is 10.6 Å². The van der Waals surface area contributed by atoms with E-state index >= 15 is 0 Å². The molecule has 1 atom stereocenters. The molecule has 5 nitrogen and oxygen atoms in total. The van der Waals surface area contributed by atoms with Gasteiger partial charge in [-0.25, -0.2) is 0 Å². The Hall–Kier alpha value is 0.220. The number of hydrogen-bond acceptors (Lipinski definition) is 4. The molecule has 2 heterocycles. The summed E-state index contributed by atoms with van der Waals surface area (Å²) in [4.78, 5) is 17.0. The number of piperidine rings is 1. The van der Waals surface area contributed by atoms with E-state index in [0.29, 0.717) is 0 Å². The number of nitrogens with one attached hydrogen (secondary N) is 2. The SMILES string of the molecule is CN1CCN(CCNC(=O)C2(C)CCCCN2)CC1.Cl.Cl.Cl. The molecule has 0 aromatic rings. The fourth-order valence-electron chi connectivity index (χ4n) is 2.84. The molecule has 2 N–H and O–H groups in total. The van der Waals surface area contributed by atoms with Gasteiger partial charge in [-0.1, -0.05) is 0 Å². The number of halogens is 3. The Kier molecular flexibility index (Phi) is 13.0. The summed E-state index contributed by atoms with van der Waals surface area (Å²) < 4.78 is 0. The number of nitrogens with zero attached hydrogens (tertiary/aromatic N) is 2. The van der Waals surface area contributed by atoms with Crippen LogP contribution in [0.3, 0.4) is 0 Å². The van der Waals surface area contributed by atoms with Crippen LogP contribution in [0.5, 0.6) is 0 Å². The summed E-state index contributed by atoms with van der Waals surface area (Å²) in [6.45, 7) is 9.21. The minimum atomic E-state index is -0.347. The van der Waals surface area contributed by atoms with Gasteiger partial charge in [0.2, 0.25) is 5.91 Å². The molecule has 2 fully saturated rings. The molecule has 1 amide bonds. The molecule has 0 spiro atoms. The van der Waals surface area contributed by atoms with Crippen LogP contribution in [-0.4, -0.2) is 74.1 Å². The second-order valence-corrected chi connectivity index (χ2v) is 6.12. The van der Waals surface area contributed by atoms with Crippen molar-refractivity contribution in [2.75, 3.05) is 52.9 Å². The number of amides is 1. The average Bonchev–Trinajstić information content (AvgIpc) is 2.42. The third-order valence-electron chi connectivity index (χ3n) is 4.43. The summed E-state index contributed by atoms with van der Waals surface area (Å²) in [5.74, 6) is 0.168. The largest absolute Gasteiger partial charge is 0.353 e. The van der Waals surface area contributed by atoms with Crippen LogP contribution in [0.2, 0.25) is 0 Å². The highest BCUT2D eigenvalue weighted by atomic mass is 35.5. The molecule has 0 aromatic carbocycles. The van der Waals surface area contributed by atoms with Gasteiger partial charge in [-0.3, -0.25) is 9.69 Å². The highest BCUT2D eigenvalue weighted by Gasteiger charge is 2.33. The van der Waals surface area contributed by atoms with E-state index in [-0.39, 0.29) is 48.7 Å². The number of carbonyl (C=O) groups excluding carboxylic acids is 1. The van der Waals surface area contributed by atoms with Crippen molar-refractivity contribution in [2.45, 2.75) is 31.7 Å². The molecule has 0 saturated carbocycles. The van der Waals surface area contributed by atoms with Crippen LogP contribution in [0.4, 0.5) is 0 Å². The molecule has 2 aliphatic heterocycles. The summed E-state index contributed by atoms with van der Waals surface area (Å²) in [5, 5.41) is 6.45. The molecule has 8 heteroatoms. The van der Waals surface area contributed by atoms with Crippen LogP contribution >= 0.6 is 37.2 Å². The lowest BCUT2D eigenvalue weighted by Gasteiger charge is -2.35. The van der Waals surface area contributed by atoms with E-state index in [1.54, 1.807) is 0 Å². The Morgan fingerprint density at radius 3 is 2.32 bits per heavy atom. The lowest BCUT2D eigenvalue weighted by Crippen LogP contribution is -2.57. The summed E-state index contributed by atoms with van der Waals surface area (Å²) >= 11 is 0. The van der Waals surface area contributed by atoms with Crippen molar-refractivity contribution in [1.82, 2.24) is 20.4 Å². The second-order valence-electron chi connectivity index (χ2n) is 6.12. The molecular weight excluding hydrogens is 347 g/mol. The number of hydrogen-bond donors (Lipinski definition) is 2. The van der Waals surface area contributed by atoms with Crippen molar-refractivity contribution in [2.24, 2.45) is 0 Å². The van der Waals surface area contributed by atoms with Crippen LogP contribution in [0.25, 0.3) is 0 Å².